The molecule has 1 unspecified atom stereocenters. The van der Waals surface area contributed by atoms with Crippen LogP contribution in [0.5, 0.6) is 0 Å². The molecule has 25 heavy (non-hydrogen) atoms. The third-order valence-corrected chi connectivity index (χ3v) is 4.64. The lowest BCUT2D eigenvalue weighted by atomic mass is 10.0. The van der Waals surface area contributed by atoms with Gasteiger partial charge in [0.15, 0.2) is 0 Å². The smallest absolute Gasteiger partial charge is 0.255 e. The van der Waals surface area contributed by atoms with E-state index in [0.717, 1.165) is 16.8 Å². The summed E-state index contributed by atoms with van der Waals surface area (Å²) < 4.78 is 0. The van der Waals surface area contributed by atoms with E-state index >= 15 is 0 Å². The summed E-state index contributed by atoms with van der Waals surface area (Å²) in [4.78, 5) is 46.5. The summed E-state index contributed by atoms with van der Waals surface area (Å²) in [5, 5.41) is 2.31. The molecule has 7 heteroatoms. The minimum Gasteiger partial charge on any atom is -0.322 e. The first-order chi connectivity index (χ1) is 12.0. The van der Waals surface area contributed by atoms with Crippen LogP contribution in [0.25, 0.3) is 11.3 Å². The highest BCUT2D eigenvalue weighted by Crippen LogP contribution is 2.33. The van der Waals surface area contributed by atoms with Crippen molar-refractivity contribution in [2.45, 2.75) is 32.4 Å². The minimum atomic E-state index is -0.616. The number of amides is 3. The number of aromatic nitrogens is 2. The van der Waals surface area contributed by atoms with Gasteiger partial charge in [0.2, 0.25) is 11.8 Å². The van der Waals surface area contributed by atoms with E-state index in [1.54, 1.807) is 18.5 Å². The summed E-state index contributed by atoms with van der Waals surface area (Å²) in [7, 11) is 0. The van der Waals surface area contributed by atoms with Gasteiger partial charge in [-0.25, -0.2) is 0 Å². The molecule has 1 aromatic heterocycles. The second-order valence-electron chi connectivity index (χ2n) is 6.27. The Morgan fingerprint density at radius 1 is 1.12 bits per heavy atom. The molecule has 2 aliphatic rings. The molecule has 1 atom stereocenters. The van der Waals surface area contributed by atoms with Crippen LogP contribution in [0.1, 0.15) is 34.5 Å². The number of carbonyl (C=O) groups excluding carboxylic acids is 3. The number of benzene rings is 1. The molecule has 1 saturated heterocycles. The van der Waals surface area contributed by atoms with Gasteiger partial charge in [0.05, 0.1) is 17.6 Å². The van der Waals surface area contributed by atoms with Crippen molar-refractivity contribution in [3.05, 3.63) is 47.4 Å². The van der Waals surface area contributed by atoms with E-state index in [1.807, 2.05) is 19.1 Å². The molecule has 0 spiro atoms. The molecule has 0 bridgehead atoms. The summed E-state index contributed by atoms with van der Waals surface area (Å²) in [6.07, 6.45) is 3.96. The molecule has 1 fully saturated rings. The van der Waals surface area contributed by atoms with Crippen molar-refractivity contribution in [2.24, 2.45) is 0 Å². The molecule has 4 rings (SSSR count). The van der Waals surface area contributed by atoms with E-state index < -0.39 is 11.9 Å². The molecule has 1 N–H and O–H groups in total. The molecule has 2 aromatic rings. The Morgan fingerprint density at radius 3 is 2.64 bits per heavy atom. The van der Waals surface area contributed by atoms with Gasteiger partial charge in [-0.3, -0.25) is 29.7 Å². The maximum absolute atomic E-state index is 12.8. The summed E-state index contributed by atoms with van der Waals surface area (Å²) >= 11 is 0. The average molecular weight is 336 g/mol. The van der Waals surface area contributed by atoms with E-state index in [4.69, 9.17) is 0 Å². The first-order valence-electron chi connectivity index (χ1n) is 8.10. The van der Waals surface area contributed by atoms with Crippen LogP contribution in [-0.2, 0) is 16.1 Å². The Balaban J connectivity index is 1.70. The Bertz CT molecular complexity index is 892. The number of nitrogens with zero attached hydrogens (tertiary/aromatic N) is 3. The van der Waals surface area contributed by atoms with Gasteiger partial charge >= 0.3 is 0 Å². The van der Waals surface area contributed by atoms with E-state index in [-0.39, 0.29) is 18.2 Å². The zero-order valence-corrected chi connectivity index (χ0v) is 13.7. The number of fused-ring (bicyclic) bond motifs is 1. The van der Waals surface area contributed by atoms with Crippen LogP contribution in [-0.4, -0.2) is 38.6 Å². The molecule has 2 aliphatic heterocycles. The maximum atomic E-state index is 12.8. The zero-order chi connectivity index (χ0) is 17.6. The first kappa shape index (κ1) is 15.4. The number of nitrogens with one attached hydrogen (secondary N) is 1. The summed E-state index contributed by atoms with van der Waals surface area (Å²) in [5.74, 6) is -0.887. The van der Waals surface area contributed by atoms with Crippen LogP contribution >= 0.6 is 0 Å². The quantitative estimate of drug-likeness (QED) is 0.832. The highest BCUT2D eigenvalue weighted by molar-refractivity contribution is 6.06. The van der Waals surface area contributed by atoms with E-state index in [0.29, 0.717) is 24.2 Å². The number of aryl methyl sites for hydroxylation is 1. The lowest BCUT2D eigenvalue weighted by Crippen LogP contribution is -2.52. The topological polar surface area (TPSA) is 92.3 Å². The van der Waals surface area contributed by atoms with Crippen LogP contribution in [0.4, 0.5) is 0 Å². The summed E-state index contributed by atoms with van der Waals surface area (Å²) in [5.41, 5.74) is 3.77. The van der Waals surface area contributed by atoms with Gasteiger partial charge in [-0.05, 0) is 25.0 Å². The Morgan fingerprint density at radius 2 is 1.92 bits per heavy atom. The van der Waals surface area contributed by atoms with Crippen LogP contribution in [0.15, 0.2) is 30.6 Å². The normalized spacial score (nSPS) is 19.8. The number of imide groups is 1. The highest BCUT2D eigenvalue weighted by atomic mass is 16.2. The van der Waals surface area contributed by atoms with Crippen LogP contribution in [0.2, 0.25) is 0 Å². The molecule has 7 nitrogen and oxygen atoms in total. The number of piperidine rings is 1. The fraction of sp³-hybridized carbons (Fsp3) is 0.278. The average Bonchev–Trinajstić information content (AvgIpc) is 2.93. The lowest BCUT2D eigenvalue weighted by Gasteiger charge is -2.29. The minimum absolute atomic E-state index is 0.189. The molecular formula is C18H16N4O3. The van der Waals surface area contributed by atoms with Crippen molar-refractivity contribution in [3.63, 3.8) is 0 Å². The second kappa shape index (κ2) is 5.77. The number of hydrogen-bond donors (Lipinski definition) is 1. The van der Waals surface area contributed by atoms with Crippen LogP contribution < -0.4 is 5.32 Å². The van der Waals surface area contributed by atoms with Crippen molar-refractivity contribution in [3.8, 4) is 11.3 Å². The van der Waals surface area contributed by atoms with Gasteiger partial charge in [0.1, 0.15) is 6.04 Å². The lowest BCUT2D eigenvalue weighted by molar-refractivity contribution is -0.136. The Labute approximate surface area is 144 Å². The fourth-order valence-corrected chi connectivity index (χ4v) is 3.36. The number of carbonyl (C=O) groups is 3. The number of hydrogen-bond acceptors (Lipinski definition) is 5. The fourth-order valence-electron chi connectivity index (χ4n) is 3.36. The molecule has 0 aliphatic carbocycles. The van der Waals surface area contributed by atoms with Gasteiger partial charge in [0, 0.05) is 30.3 Å². The van der Waals surface area contributed by atoms with Gasteiger partial charge in [-0.2, -0.15) is 0 Å². The molecular weight excluding hydrogens is 320 g/mol. The predicted molar refractivity (Wildman–Crippen MR) is 88.3 cm³/mol. The maximum Gasteiger partial charge on any atom is 0.255 e. The van der Waals surface area contributed by atoms with E-state index in [9.17, 15) is 14.4 Å². The Kier molecular flexibility index (Phi) is 3.56. The van der Waals surface area contributed by atoms with Crippen molar-refractivity contribution in [1.82, 2.24) is 20.2 Å². The third kappa shape index (κ3) is 2.57. The predicted octanol–water partition coefficient (Wildman–Crippen LogP) is 1.21. The molecule has 126 valence electrons. The molecule has 0 radical (unpaired) electrons. The monoisotopic (exact) mass is 336 g/mol. The van der Waals surface area contributed by atoms with Crippen molar-refractivity contribution in [2.75, 3.05) is 0 Å². The standard InChI is InChI=1S/C18H16N4O3/c1-10-7-20-14(8-19-10)11-3-2-4-12-13(11)9-22(18(12)25)15-5-6-16(23)21-17(15)24/h2-4,7-8,15H,5-6,9H2,1H3,(H,21,23,24). The SMILES string of the molecule is Cc1cnc(-c2cccc3c2CN(C2CCC(=O)NC2=O)C3=O)cn1. The largest absolute Gasteiger partial charge is 0.322 e. The van der Waals surface area contributed by atoms with Crippen LogP contribution in [0, 0.1) is 6.92 Å². The van der Waals surface area contributed by atoms with Gasteiger partial charge in [-0.15, -0.1) is 0 Å². The first-order valence-corrected chi connectivity index (χ1v) is 8.10. The van der Waals surface area contributed by atoms with Crippen molar-refractivity contribution < 1.29 is 14.4 Å². The molecule has 1 aromatic carbocycles. The van der Waals surface area contributed by atoms with Crippen molar-refractivity contribution in [1.29, 1.82) is 0 Å². The van der Waals surface area contributed by atoms with Crippen molar-refractivity contribution >= 4 is 17.7 Å². The van der Waals surface area contributed by atoms with Gasteiger partial charge in [0.25, 0.3) is 5.91 Å². The molecule has 0 saturated carbocycles. The molecule has 3 amide bonds. The molecule has 3 heterocycles. The Hall–Kier alpha value is -3.09. The van der Waals surface area contributed by atoms with Gasteiger partial charge < -0.3 is 4.90 Å². The highest BCUT2D eigenvalue weighted by Gasteiger charge is 2.39. The third-order valence-electron chi connectivity index (χ3n) is 4.64. The number of rotatable bonds is 2. The van der Waals surface area contributed by atoms with E-state index in [1.165, 1.54) is 4.90 Å². The second-order valence-corrected chi connectivity index (χ2v) is 6.27. The van der Waals surface area contributed by atoms with Crippen LogP contribution in [0.3, 0.4) is 0 Å². The van der Waals surface area contributed by atoms with E-state index in [2.05, 4.69) is 15.3 Å². The van der Waals surface area contributed by atoms with Gasteiger partial charge in [-0.1, -0.05) is 12.1 Å². The zero-order valence-electron chi connectivity index (χ0n) is 13.7. The summed E-state index contributed by atoms with van der Waals surface area (Å²) in [6.45, 7) is 2.19. The summed E-state index contributed by atoms with van der Waals surface area (Å²) in [6, 6.07) is 4.85.